The largest absolute Gasteiger partial charge is 0.471 e. The van der Waals surface area contributed by atoms with Crippen LogP contribution in [0.4, 0.5) is 18.9 Å². The quantitative estimate of drug-likeness (QED) is 0.701. The molecule has 2 N–H and O–H groups in total. The summed E-state index contributed by atoms with van der Waals surface area (Å²) in [6, 6.07) is 13.5. The number of halogens is 4. The summed E-state index contributed by atoms with van der Waals surface area (Å²) < 4.78 is 37.2. The monoisotopic (exact) mass is 426 g/mol. The van der Waals surface area contributed by atoms with Crippen LogP contribution in [0.3, 0.4) is 0 Å². The summed E-state index contributed by atoms with van der Waals surface area (Å²) in [7, 11) is 0. The molecule has 0 spiro atoms. The molecule has 0 aliphatic carbocycles. The van der Waals surface area contributed by atoms with Gasteiger partial charge in [-0.3, -0.25) is 9.59 Å². The van der Waals surface area contributed by atoms with Crippen molar-refractivity contribution < 1.29 is 22.8 Å². The SMILES string of the molecule is O=C(/C=C/c1cccc(Br)c1)Nc1ccc(CNC(=O)C(F)(F)F)cc1. The zero-order chi connectivity index (χ0) is 19.2. The maximum atomic E-state index is 12.1. The highest BCUT2D eigenvalue weighted by atomic mass is 79.9. The van der Waals surface area contributed by atoms with Crippen molar-refractivity contribution >= 4 is 39.5 Å². The van der Waals surface area contributed by atoms with Gasteiger partial charge in [0.25, 0.3) is 0 Å². The first-order chi connectivity index (χ1) is 12.2. The molecule has 26 heavy (non-hydrogen) atoms. The van der Waals surface area contributed by atoms with Gasteiger partial charge in [-0.2, -0.15) is 13.2 Å². The van der Waals surface area contributed by atoms with E-state index in [2.05, 4.69) is 21.2 Å². The minimum absolute atomic E-state index is 0.255. The molecule has 2 rings (SSSR count). The fourth-order valence-electron chi connectivity index (χ4n) is 1.95. The van der Waals surface area contributed by atoms with Crippen LogP contribution in [-0.2, 0) is 16.1 Å². The summed E-state index contributed by atoms with van der Waals surface area (Å²) in [5, 5.41) is 4.41. The van der Waals surface area contributed by atoms with Gasteiger partial charge in [-0.05, 0) is 41.5 Å². The van der Waals surface area contributed by atoms with Gasteiger partial charge in [0.05, 0.1) is 0 Å². The molecule has 0 saturated carbocycles. The van der Waals surface area contributed by atoms with E-state index in [0.29, 0.717) is 11.3 Å². The highest BCUT2D eigenvalue weighted by Gasteiger charge is 2.38. The van der Waals surface area contributed by atoms with E-state index in [4.69, 9.17) is 0 Å². The summed E-state index contributed by atoms with van der Waals surface area (Å²) in [6.07, 6.45) is -1.88. The Balaban J connectivity index is 1.88. The second-order valence-electron chi connectivity index (χ2n) is 5.25. The number of anilines is 1. The van der Waals surface area contributed by atoms with E-state index in [1.165, 1.54) is 18.2 Å². The molecular weight excluding hydrogens is 413 g/mol. The Morgan fingerprint density at radius 2 is 1.77 bits per heavy atom. The minimum Gasteiger partial charge on any atom is -0.344 e. The number of nitrogens with one attached hydrogen (secondary N) is 2. The standard InChI is InChI=1S/C18H14BrF3N2O2/c19-14-3-1-2-12(10-14)6-9-16(25)24-15-7-4-13(5-8-15)11-23-17(26)18(20,21)22/h1-10H,11H2,(H,23,26)(H,24,25)/b9-6+. The van der Waals surface area contributed by atoms with Gasteiger partial charge in [-0.15, -0.1) is 0 Å². The number of carbonyl (C=O) groups is 2. The van der Waals surface area contributed by atoms with E-state index >= 15 is 0 Å². The van der Waals surface area contributed by atoms with Gasteiger partial charge < -0.3 is 10.6 Å². The molecule has 0 aromatic heterocycles. The second kappa shape index (κ2) is 8.66. The highest BCUT2D eigenvalue weighted by molar-refractivity contribution is 9.10. The van der Waals surface area contributed by atoms with Crippen molar-refractivity contribution in [3.63, 3.8) is 0 Å². The first kappa shape index (κ1) is 19.7. The van der Waals surface area contributed by atoms with Crippen molar-refractivity contribution in [2.75, 3.05) is 5.32 Å². The third-order valence-corrected chi connectivity index (χ3v) is 3.70. The van der Waals surface area contributed by atoms with Gasteiger partial charge in [0, 0.05) is 22.8 Å². The molecule has 2 aromatic rings. The van der Waals surface area contributed by atoms with Crippen molar-refractivity contribution in [2.45, 2.75) is 12.7 Å². The fraction of sp³-hybridized carbons (Fsp3) is 0.111. The second-order valence-corrected chi connectivity index (χ2v) is 6.17. The predicted molar refractivity (Wildman–Crippen MR) is 96.1 cm³/mol. The van der Waals surface area contributed by atoms with E-state index in [-0.39, 0.29) is 12.5 Å². The third-order valence-electron chi connectivity index (χ3n) is 3.21. The van der Waals surface area contributed by atoms with Crippen molar-refractivity contribution in [3.8, 4) is 0 Å². The first-order valence-electron chi connectivity index (χ1n) is 7.42. The van der Waals surface area contributed by atoms with Crippen LogP contribution >= 0.6 is 15.9 Å². The Morgan fingerprint density at radius 3 is 2.38 bits per heavy atom. The van der Waals surface area contributed by atoms with Gasteiger partial charge in [0.2, 0.25) is 5.91 Å². The van der Waals surface area contributed by atoms with Crippen LogP contribution in [0.1, 0.15) is 11.1 Å². The molecule has 4 nitrogen and oxygen atoms in total. The van der Waals surface area contributed by atoms with Crippen molar-refractivity contribution in [1.29, 1.82) is 0 Å². The average molecular weight is 427 g/mol. The molecular formula is C18H14BrF3N2O2. The molecule has 0 atom stereocenters. The zero-order valence-electron chi connectivity index (χ0n) is 13.3. The number of alkyl halides is 3. The van der Waals surface area contributed by atoms with Crippen molar-refractivity contribution in [2.24, 2.45) is 0 Å². The van der Waals surface area contributed by atoms with E-state index in [0.717, 1.165) is 10.0 Å². The van der Waals surface area contributed by atoms with Crippen LogP contribution in [0, 0.1) is 0 Å². The topological polar surface area (TPSA) is 58.2 Å². The lowest BCUT2D eigenvalue weighted by Crippen LogP contribution is -2.36. The number of hydrogen-bond donors (Lipinski definition) is 2. The van der Waals surface area contributed by atoms with Gasteiger partial charge in [0.1, 0.15) is 0 Å². The normalized spacial score (nSPS) is 11.4. The Bertz CT molecular complexity index is 818. The van der Waals surface area contributed by atoms with Crippen LogP contribution < -0.4 is 10.6 Å². The van der Waals surface area contributed by atoms with Gasteiger partial charge in [-0.1, -0.05) is 40.2 Å². The molecule has 0 heterocycles. The number of amides is 2. The summed E-state index contributed by atoms with van der Waals surface area (Å²) in [4.78, 5) is 22.6. The van der Waals surface area contributed by atoms with Gasteiger partial charge >= 0.3 is 12.1 Å². The minimum atomic E-state index is -4.91. The van der Waals surface area contributed by atoms with Gasteiger partial charge in [0.15, 0.2) is 0 Å². The third kappa shape index (κ3) is 6.36. The predicted octanol–water partition coefficient (Wildman–Crippen LogP) is 4.28. The van der Waals surface area contributed by atoms with Crippen LogP contribution in [0.15, 0.2) is 59.1 Å². The molecule has 2 amide bonds. The first-order valence-corrected chi connectivity index (χ1v) is 8.22. The Labute approximate surface area is 156 Å². The molecule has 0 bridgehead atoms. The summed E-state index contributed by atoms with van der Waals surface area (Å²) in [6.45, 7) is -0.255. The van der Waals surface area contributed by atoms with E-state index in [9.17, 15) is 22.8 Å². The Hall–Kier alpha value is -2.61. The van der Waals surface area contributed by atoms with Crippen LogP contribution in [-0.4, -0.2) is 18.0 Å². The number of carbonyl (C=O) groups excluding carboxylic acids is 2. The maximum absolute atomic E-state index is 12.1. The zero-order valence-corrected chi connectivity index (χ0v) is 14.9. The number of rotatable bonds is 5. The maximum Gasteiger partial charge on any atom is 0.471 e. The molecule has 0 fully saturated rings. The number of hydrogen-bond acceptors (Lipinski definition) is 2. The smallest absolute Gasteiger partial charge is 0.344 e. The molecule has 2 aromatic carbocycles. The molecule has 136 valence electrons. The Morgan fingerprint density at radius 1 is 1.08 bits per heavy atom. The Kier molecular flexibility index (Phi) is 6.57. The van der Waals surface area contributed by atoms with E-state index < -0.39 is 12.1 Å². The molecule has 0 saturated heterocycles. The van der Waals surface area contributed by atoms with Crippen LogP contribution in [0.25, 0.3) is 6.08 Å². The van der Waals surface area contributed by atoms with Crippen molar-refractivity contribution in [3.05, 3.63) is 70.2 Å². The summed E-state index contributed by atoms with van der Waals surface area (Å²) >= 11 is 3.34. The van der Waals surface area contributed by atoms with E-state index in [1.54, 1.807) is 23.5 Å². The molecule has 0 aliphatic rings. The average Bonchev–Trinajstić information content (AvgIpc) is 2.58. The lowest BCUT2D eigenvalue weighted by molar-refractivity contribution is -0.173. The molecule has 8 heteroatoms. The van der Waals surface area contributed by atoms with E-state index in [1.807, 2.05) is 24.3 Å². The molecule has 0 unspecified atom stereocenters. The van der Waals surface area contributed by atoms with Crippen LogP contribution in [0.5, 0.6) is 0 Å². The van der Waals surface area contributed by atoms with Gasteiger partial charge in [-0.25, -0.2) is 0 Å². The number of benzene rings is 2. The lowest BCUT2D eigenvalue weighted by Gasteiger charge is -2.08. The molecule has 0 aliphatic heterocycles. The van der Waals surface area contributed by atoms with Crippen LogP contribution in [0.2, 0.25) is 0 Å². The highest BCUT2D eigenvalue weighted by Crippen LogP contribution is 2.16. The lowest BCUT2D eigenvalue weighted by atomic mass is 10.2. The summed E-state index contributed by atoms with van der Waals surface area (Å²) in [5.74, 6) is -2.34. The van der Waals surface area contributed by atoms with Crippen molar-refractivity contribution in [1.82, 2.24) is 5.32 Å². The summed E-state index contributed by atoms with van der Waals surface area (Å²) in [5.41, 5.74) is 1.82. The fourth-order valence-corrected chi connectivity index (χ4v) is 2.37. The molecule has 0 radical (unpaired) electrons.